The molecule has 86 valence electrons. The molecule has 0 heterocycles. The zero-order valence-electron chi connectivity index (χ0n) is 9.21. The van der Waals surface area contributed by atoms with E-state index < -0.39 is 0 Å². The highest BCUT2D eigenvalue weighted by Gasteiger charge is 2.13. The summed E-state index contributed by atoms with van der Waals surface area (Å²) in [6.45, 7) is 1.90. The summed E-state index contributed by atoms with van der Waals surface area (Å²) in [5, 5.41) is 0.538. The number of hydrogen-bond acceptors (Lipinski definition) is 1. The molecule has 0 radical (unpaired) electrons. The van der Waals surface area contributed by atoms with Gasteiger partial charge >= 0.3 is 0 Å². The Morgan fingerprint density at radius 3 is 2.41 bits per heavy atom. The maximum absolute atomic E-state index is 12.2. The molecular weight excluding hydrogens is 347 g/mol. The number of benzene rings is 2. The van der Waals surface area contributed by atoms with E-state index >= 15 is 0 Å². The van der Waals surface area contributed by atoms with Crippen LogP contribution < -0.4 is 0 Å². The average molecular weight is 357 g/mol. The smallest absolute Gasteiger partial charge is 0.194 e. The van der Waals surface area contributed by atoms with Gasteiger partial charge in [-0.05, 0) is 65.4 Å². The largest absolute Gasteiger partial charge is 0.289 e. The van der Waals surface area contributed by atoms with Crippen molar-refractivity contribution in [2.45, 2.75) is 6.92 Å². The summed E-state index contributed by atoms with van der Waals surface area (Å²) in [6, 6.07) is 13.0. The van der Waals surface area contributed by atoms with Gasteiger partial charge in [0.05, 0.1) is 5.02 Å². The van der Waals surface area contributed by atoms with Crippen molar-refractivity contribution < 1.29 is 4.79 Å². The molecule has 2 aromatic carbocycles. The van der Waals surface area contributed by atoms with E-state index in [9.17, 15) is 4.79 Å². The van der Waals surface area contributed by atoms with Crippen LogP contribution in [0.25, 0.3) is 0 Å². The minimum atomic E-state index is -0.0323. The Bertz CT molecular complexity index is 561. The van der Waals surface area contributed by atoms with Gasteiger partial charge in [0.1, 0.15) is 0 Å². The number of halogens is 2. The van der Waals surface area contributed by atoms with Crippen LogP contribution in [0.3, 0.4) is 0 Å². The lowest BCUT2D eigenvalue weighted by Crippen LogP contribution is -2.02. The van der Waals surface area contributed by atoms with Gasteiger partial charge in [0.25, 0.3) is 0 Å². The van der Waals surface area contributed by atoms with E-state index in [0.29, 0.717) is 16.1 Å². The summed E-state index contributed by atoms with van der Waals surface area (Å²) in [6.07, 6.45) is 0. The molecule has 3 heteroatoms. The van der Waals surface area contributed by atoms with E-state index in [-0.39, 0.29) is 5.78 Å². The minimum Gasteiger partial charge on any atom is -0.289 e. The number of rotatable bonds is 2. The van der Waals surface area contributed by atoms with E-state index in [4.69, 9.17) is 11.6 Å². The summed E-state index contributed by atoms with van der Waals surface area (Å²) >= 11 is 8.36. The molecule has 0 saturated carbocycles. The fourth-order valence-electron chi connectivity index (χ4n) is 1.58. The van der Waals surface area contributed by atoms with Crippen molar-refractivity contribution in [1.82, 2.24) is 0 Å². The van der Waals surface area contributed by atoms with Crippen molar-refractivity contribution in [1.29, 1.82) is 0 Å². The second-order valence-corrected chi connectivity index (χ2v) is 5.40. The number of carbonyl (C=O) groups is 1. The van der Waals surface area contributed by atoms with Crippen LogP contribution in [0.2, 0.25) is 5.02 Å². The number of aryl methyl sites for hydroxylation is 1. The molecule has 0 atom stereocenters. The van der Waals surface area contributed by atoms with Gasteiger partial charge in [-0.25, -0.2) is 0 Å². The molecule has 0 aliphatic heterocycles. The first kappa shape index (κ1) is 12.6. The highest BCUT2D eigenvalue weighted by Crippen LogP contribution is 2.23. The Labute approximate surface area is 119 Å². The van der Waals surface area contributed by atoms with Crippen LogP contribution in [-0.4, -0.2) is 5.78 Å². The van der Waals surface area contributed by atoms with Crippen molar-refractivity contribution in [3.05, 3.63) is 67.7 Å². The molecule has 0 aliphatic rings. The van der Waals surface area contributed by atoms with E-state index in [1.54, 1.807) is 6.07 Å². The number of hydrogen-bond donors (Lipinski definition) is 0. The normalized spacial score (nSPS) is 10.3. The Kier molecular flexibility index (Phi) is 3.84. The summed E-state index contributed by atoms with van der Waals surface area (Å²) in [5.41, 5.74) is 2.15. The molecule has 2 aromatic rings. The van der Waals surface area contributed by atoms with Gasteiger partial charge in [0, 0.05) is 14.7 Å². The molecule has 1 nitrogen and oxygen atoms in total. The first-order valence-electron chi connectivity index (χ1n) is 5.15. The lowest BCUT2D eigenvalue weighted by Gasteiger charge is -2.06. The van der Waals surface area contributed by atoms with Gasteiger partial charge in [-0.1, -0.05) is 23.7 Å². The van der Waals surface area contributed by atoms with Gasteiger partial charge in [-0.2, -0.15) is 0 Å². The van der Waals surface area contributed by atoms with Gasteiger partial charge in [0.2, 0.25) is 0 Å². The van der Waals surface area contributed by atoms with Crippen LogP contribution in [0.15, 0.2) is 42.5 Å². The first-order valence-corrected chi connectivity index (χ1v) is 6.60. The second-order valence-electron chi connectivity index (χ2n) is 3.77. The molecule has 17 heavy (non-hydrogen) atoms. The minimum absolute atomic E-state index is 0.0323. The molecule has 0 amide bonds. The van der Waals surface area contributed by atoms with Gasteiger partial charge in [0.15, 0.2) is 5.78 Å². The highest BCUT2D eigenvalue weighted by atomic mass is 127. The molecular formula is C14H10ClIO. The predicted molar refractivity (Wildman–Crippen MR) is 78.8 cm³/mol. The van der Waals surface area contributed by atoms with Crippen LogP contribution in [0.1, 0.15) is 21.5 Å². The Hall–Kier alpha value is -0.870. The zero-order chi connectivity index (χ0) is 12.4. The maximum atomic E-state index is 12.2. The first-order chi connectivity index (χ1) is 8.09. The van der Waals surface area contributed by atoms with Crippen LogP contribution in [0.5, 0.6) is 0 Å². The van der Waals surface area contributed by atoms with Crippen LogP contribution in [-0.2, 0) is 0 Å². The maximum Gasteiger partial charge on any atom is 0.194 e. The van der Waals surface area contributed by atoms with Crippen molar-refractivity contribution in [3.8, 4) is 0 Å². The Balaban J connectivity index is 2.44. The van der Waals surface area contributed by atoms with E-state index in [1.807, 2.05) is 43.3 Å². The fourth-order valence-corrected chi connectivity index (χ4v) is 2.15. The molecule has 0 aromatic heterocycles. The predicted octanol–water partition coefficient (Wildman–Crippen LogP) is 4.48. The second kappa shape index (κ2) is 5.19. The number of carbonyl (C=O) groups excluding carboxylic acids is 1. The Morgan fingerprint density at radius 2 is 1.76 bits per heavy atom. The van der Waals surface area contributed by atoms with Gasteiger partial charge in [-0.3, -0.25) is 4.79 Å². The molecule has 0 aliphatic carbocycles. The number of ketones is 1. The summed E-state index contributed by atoms with van der Waals surface area (Å²) in [7, 11) is 0. The van der Waals surface area contributed by atoms with Crippen molar-refractivity contribution in [2.24, 2.45) is 0 Å². The van der Waals surface area contributed by atoms with E-state index in [0.717, 1.165) is 9.13 Å². The molecule has 0 spiro atoms. The molecule has 0 saturated heterocycles. The zero-order valence-corrected chi connectivity index (χ0v) is 12.1. The third-order valence-corrected chi connectivity index (χ3v) is 3.76. The molecule has 0 fully saturated rings. The molecule has 0 bridgehead atoms. The van der Waals surface area contributed by atoms with Crippen LogP contribution in [0.4, 0.5) is 0 Å². The third-order valence-electron chi connectivity index (χ3n) is 2.54. The Morgan fingerprint density at radius 1 is 1.12 bits per heavy atom. The van der Waals surface area contributed by atoms with Crippen molar-refractivity contribution >= 4 is 40.0 Å². The van der Waals surface area contributed by atoms with Gasteiger partial charge in [-0.15, -0.1) is 0 Å². The van der Waals surface area contributed by atoms with Crippen LogP contribution in [0, 0.1) is 10.5 Å². The monoisotopic (exact) mass is 356 g/mol. The lowest BCUT2D eigenvalue weighted by molar-refractivity contribution is 0.103. The van der Waals surface area contributed by atoms with E-state index in [1.165, 1.54) is 0 Å². The summed E-state index contributed by atoms with van der Waals surface area (Å²) < 4.78 is 1.11. The van der Waals surface area contributed by atoms with E-state index in [2.05, 4.69) is 22.6 Å². The standard InChI is InChI=1S/C14H10ClIO/c1-9-3-2-4-12(13(9)15)14(17)10-5-7-11(16)8-6-10/h2-8H,1H3. The summed E-state index contributed by atoms with van der Waals surface area (Å²) in [5.74, 6) is -0.0323. The average Bonchev–Trinajstić information content (AvgIpc) is 2.33. The van der Waals surface area contributed by atoms with Crippen molar-refractivity contribution in [2.75, 3.05) is 0 Å². The van der Waals surface area contributed by atoms with Crippen LogP contribution >= 0.6 is 34.2 Å². The molecule has 0 unspecified atom stereocenters. The molecule has 0 N–H and O–H groups in total. The highest BCUT2D eigenvalue weighted by molar-refractivity contribution is 14.1. The molecule has 2 rings (SSSR count). The fraction of sp³-hybridized carbons (Fsp3) is 0.0714. The SMILES string of the molecule is Cc1cccc(C(=O)c2ccc(I)cc2)c1Cl. The topological polar surface area (TPSA) is 17.1 Å². The van der Waals surface area contributed by atoms with Gasteiger partial charge < -0.3 is 0 Å². The quantitative estimate of drug-likeness (QED) is 0.572. The van der Waals surface area contributed by atoms with Crippen molar-refractivity contribution in [3.63, 3.8) is 0 Å². The summed E-state index contributed by atoms with van der Waals surface area (Å²) in [4.78, 5) is 12.2. The third kappa shape index (κ3) is 2.69. The lowest BCUT2D eigenvalue weighted by atomic mass is 10.0.